The summed E-state index contributed by atoms with van der Waals surface area (Å²) < 4.78 is 13.6. The third kappa shape index (κ3) is 3.59. The monoisotopic (exact) mass is 391 g/mol. The lowest BCUT2D eigenvalue weighted by Crippen LogP contribution is -2.24. The van der Waals surface area contributed by atoms with E-state index in [9.17, 15) is 9.18 Å². The Hall–Kier alpha value is -2.75. The molecule has 2 N–H and O–H groups in total. The second-order valence-electron chi connectivity index (χ2n) is 4.85. The zero-order valence-corrected chi connectivity index (χ0v) is 14.0. The van der Waals surface area contributed by atoms with Crippen molar-refractivity contribution in [3.63, 3.8) is 0 Å². The van der Waals surface area contributed by atoms with E-state index in [2.05, 4.69) is 51.8 Å². The fourth-order valence-electron chi connectivity index (χ4n) is 1.99. The van der Waals surface area contributed by atoms with Crippen molar-refractivity contribution in [3.8, 4) is 11.5 Å². The molecule has 24 heavy (non-hydrogen) atoms. The van der Waals surface area contributed by atoms with Crippen LogP contribution in [0.5, 0.6) is 0 Å². The third-order valence-corrected chi connectivity index (χ3v) is 3.69. The van der Waals surface area contributed by atoms with Gasteiger partial charge in [0.1, 0.15) is 23.0 Å². The first-order valence-corrected chi connectivity index (χ1v) is 7.64. The predicted octanol–water partition coefficient (Wildman–Crippen LogP) is 1.80. The maximum Gasteiger partial charge on any atom is 0.270 e. The summed E-state index contributed by atoms with van der Waals surface area (Å²) in [4.78, 5) is 20.6. The molecule has 0 atom stereocenters. The molecule has 0 fully saturated rings. The second kappa shape index (κ2) is 6.79. The van der Waals surface area contributed by atoms with Gasteiger partial charge in [0.25, 0.3) is 5.91 Å². The van der Waals surface area contributed by atoms with Crippen LogP contribution < -0.4 is 5.32 Å². The first-order chi connectivity index (χ1) is 11.5. The fourth-order valence-corrected chi connectivity index (χ4v) is 2.42. The van der Waals surface area contributed by atoms with Gasteiger partial charge in [-0.1, -0.05) is 6.07 Å². The number of aryl methyl sites for hydroxylation is 1. The Morgan fingerprint density at radius 1 is 1.33 bits per heavy atom. The number of aromatic amines is 1. The number of hydrogen-bond donors (Lipinski definition) is 2. The number of carbonyl (C=O) groups excluding carboxylic acids is 1. The zero-order valence-electron chi connectivity index (χ0n) is 12.4. The number of halogens is 2. The minimum atomic E-state index is -0.384. The van der Waals surface area contributed by atoms with Gasteiger partial charge in [0.2, 0.25) is 5.82 Å². The summed E-state index contributed by atoms with van der Waals surface area (Å²) in [5.41, 5.74) is 1.33. The highest BCUT2D eigenvalue weighted by Gasteiger charge is 2.13. The van der Waals surface area contributed by atoms with Gasteiger partial charge in [0, 0.05) is 6.54 Å². The smallest absolute Gasteiger partial charge is 0.270 e. The summed E-state index contributed by atoms with van der Waals surface area (Å²) in [6.07, 6.45) is 0. The molecule has 10 heteroatoms. The van der Waals surface area contributed by atoms with Crippen LogP contribution in [-0.2, 0) is 6.54 Å². The van der Waals surface area contributed by atoms with Gasteiger partial charge in [-0.05, 0) is 51.8 Å². The van der Waals surface area contributed by atoms with Gasteiger partial charge in [-0.25, -0.2) is 14.4 Å². The average Bonchev–Trinajstić information content (AvgIpc) is 3.09. The van der Waals surface area contributed by atoms with Gasteiger partial charge in [-0.2, -0.15) is 5.21 Å². The standard InChI is InChI=1S/C14H11BrFN7O/c1-7-18-11(13-20-22-23-21-13)5-12(19-7)14(24)17-6-8-2-3-10(16)9(15)4-8/h2-5H,6H2,1H3,(H,17,24)(H,20,21,22,23). The number of rotatable bonds is 4. The molecule has 0 radical (unpaired) electrons. The molecule has 0 spiro atoms. The molecule has 0 saturated heterocycles. The number of H-pyrrole nitrogens is 1. The van der Waals surface area contributed by atoms with Crippen LogP contribution in [0.25, 0.3) is 11.5 Å². The average molecular weight is 392 g/mol. The van der Waals surface area contributed by atoms with Crippen molar-refractivity contribution in [2.45, 2.75) is 13.5 Å². The summed E-state index contributed by atoms with van der Waals surface area (Å²) in [5, 5.41) is 16.2. The molecule has 0 aliphatic carbocycles. The van der Waals surface area contributed by atoms with E-state index < -0.39 is 0 Å². The topological polar surface area (TPSA) is 109 Å². The van der Waals surface area contributed by atoms with Crippen molar-refractivity contribution >= 4 is 21.8 Å². The van der Waals surface area contributed by atoms with Gasteiger partial charge in [0.15, 0.2) is 0 Å². The van der Waals surface area contributed by atoms with Crippen LogP contribution in [0.3, 0.4) is 0 Å². The normalized spacial score (nSPS) is 10.6. The van der Waals surface area contributed by atoms with E-state index in [-0.39, 0.29) is 29.8 Å². The summed E-state index contributed by atoms with van der Waals surface area (Å²) >= 11 is 3.11. The van der Waals surface area contributed by atoms with Gasteiger partial charge < -0.3 is 5.32 Å². The van der Waals surface area contributed by atoms with Crippen LogP contribution in [0, 0.1) is 12.7 Å². The molecule has 0 aliphatic rings. The highest BCUT2D eigenvalue weighted by Crippen LogP contribution is 2.17. The lowest BCUT2D eigenvalue weighted by Gasteiger charge is -2.07. The number of nitrogens with one attached hydrogen (secondary N) is 2. The number of tetrazole rings is 1. The quantitative estimate of drug-likeness (QED) is 0.701. The Morgan fingerprint density at radius 3 is 2.88 bits per heavy atom. The maximum atomic E-state index is 13.2. The summed E-state index contributed by atoms with van der Waals surface area (Å²) in [6.45, 7) is 1.90. The number of hydrogen-bond acceptors (Lipinski definition) is 6. The SMILES string of the molecule is Cc1nc(C(=O)NCc2ccc(F)c(Br)c2)cc(-c2nn[nH]n2)n1. The Kier molecular flexibility index (Phi) is 4.56. The largest absolute Gasteiger partial charge is 0.347 e. The van der Waals surface area contributed by atoms with Gasteiger partial charge in [0.05, 0.1) is 4.47 Å². The number of amides is 1. The summed E-state index contributed by atoms with van der Waals surface area (Å²) in [6, 6.07) is 6.00. The maximum absolute atomic E-state index is 13.2. The third-order valence-electron chi connectivity index (χ3n) is 3.08. The molecule has 0 unspecified atom stereocenters. The number of aromatic nitrogens is 6. The van der Waals surface area contributed by atoms with E-state index in [0.717, 1.165) is 5.56 Å². The first-order valence-electron chi connectivity index (χ1n) is 6.84. The Labute approximate surface area is 144 Å². The van der Waals surface area contributed by atoms with E-state index in [0.29, 0.717) is 16.0 Å². The van der Waals surface area contributed by atoms with Crippen LogP contribution >= 0.6 is 15.9 Å². The van der Waals surface area contributed by atoms with Crippen LogP contribution in [0.2, 0.25) is 0 Å². The van der Waals surface area contributed by atoms with Crippen molar-refractivity contribution in [2.24, 2.45) is 0 Å². The van der Waals surface area contributed by atoms with Crippen LogP contribution in [0.15, 0.2) is 28.7 Å². The molecular weight excluding hydrogens is 381 g/mol. The van der Waals surface area contributed by atoms with Crippen molar-refractivity contribution in [3.05, 3.63) is 51.6 Å². The highest BCUT2D eigenvalue weighted by molar-refractivity contribution is 9.10. The molecule has 0 saturated carbocycles. The number of nitrogens with zero attached hydrogens (tertiary/aromatic N) is 5. The molecule has 3 rings (SSSR count). The summed E-state index contributed by atoms with van der Waals surface area (Å²) in [7, 11) is 0. The molecule has 1 amide bonds. The van der Waals surface area contributed by atoms with Crippen LogP contribution in [-0.4, -0.2) is 36.5 Å². The van der Waals surface area contributed by atoms with E-state index >= 15 is 0 Å². The second-order valence-corrected chi connectivity index (χ2v) is 5.71. The Bertz CT molecular complexity index is 885. The Morgan fingerprint density at radius 2 is 2.17 bits per heavy atom. The van der Waals surface area contributed by atoms with E-state index in [1.165, 1.54) is 12.1 Å². The molecule has 0 bridgehead atoms. The molecule has 122 valence electrons. The number of carbonyl (C=O) groups is 1. The molecule has 2 aromatic heterocycles. The molecule has 1 aromatic carbocycles. The first kappa shape index (κ1) is 16.1. The van der Waals surface area contributed by atoms with E-state index in [4.69, 9.17) is 0 Å². The minimum Gasteiger partial charge on any atom is -0.347 e. The van der Waals surface area contributed by atoms with Crippen LogP contribution in [0.4, 0.5) is 4.39 Å². The van der Waals surface area contributed by atoms with Crippen LogP contribution in [0.1, 0.15) is 21.9 Å². The van der Waals surface area contributed by atoms with Gasteiger partial charge >= 0.3 is 0 Å². The molecule has 3 aromatic rings. The molecule has 8 nitrogen and oxygen atoms in total. The lowest BCUT2D eigenvalue weighted by molar-refractivity contribution is 0.0945. The van der Waals surface area contributed by atoms with Gasteiger partial charge in [-0.3, -0.25) is 4.79 Å². The Balaban J connectivity index is 1.76. The van der Waals surface area contributed by atoms with E-state index in [1.54, 1.807) is 19.1 Å². The molecule has 0 aliphatic heterocycles. The van der Waals surface area contributed by atoms with Crippen molar-refractivity contribution in [1.29, 1.82) is 0 Å². The predicted molar refractivity (Wildman–Crippen MR) is 85.2 cm³/mol. The lowest BCUT2D eigenvalue weighted by atomic mass is 10.2. The number of benzene rings is 1. The van der Waals surface area contributed by atoms with Gasteiger partial charge in [-0.15, -0.1) is 10.2 Å². The van der Waals surface area contributed by atoms with E-state index in [1.807, 2.05) is 0 Å². The fraction of sp³-hybridized carbons (Fsp3) is 0.143. The van der Waals surface area contributed by atoms with Crippen molar-refractivity contribution < 1.29 is 9.18 Å². The van der Waals surface area contributed by atoms with Crippen molar-refractivity contribution in [2.75, 3.05) is 0 Å². The minimum absolute atomic E-state index is 0.184. The zero-order chi connectivity index (χ0) is 17.1. The summed E-state index contributed by atoms with van der Waals surface area (Å²) in [5.74, 6) is -0.0593. The molecule has 2 heterocycles. The van der Waals surface area contributed by atoms with Crippen molar-refractivity contribution in [1.82, 2.24) is 35.9 Å². The highest BCUT2D eigenvalue weighted by atomic mass is 79.9. The molecular formula is C14H11BrFN7O.